The van der Waals surface area contributed by atoms with Gasteiger partial charge < -0.3 is 34.0 Å². The minimum atomic E-state index is -0.991. The molecule has 34 heteroatoms. The zero-order chi connectivity index (χ0) is 57.8. The fourth-order valence-electron chi connectivity index (χ4n) is 7.37. The molecule has 2 aromatic carbocycles. The maximum atomic E-state index is 13.0. The van der Waals surface area contributed by atoms with Crippen LogP contribution in [0.4, 0.5) is 33.3 Å². The van der Waals surface area contributed by atoms with Gasteiger partial charge in [0.2, 0.25) is 29.5 Å². The molecule has 0 unspecified atom stereocenters. The first-order chi connectivity index (χ1) is 37.5. The number of rotatable bonds is 20. The largest absolute Gasteiger partial charge is 0.376 e. The van der Waals surface area contributed by atoms with Crippen LogP contribution in [0.1, 0.15) is 93.7 Å². The number of nitro benzene ring substituents is 2. The average Bonchev–Trinajstić information content (AvgIpc) is 3.07. The highest BCUT2D eigenvalue weighted by Crippen LogP contribution is 2.31. The van der Waals surface area contributed by atoms with Crippen molar-refractivity contribution in [3.8, 4) is 0 Å². The predicted octanol–water partition coefficient (Wildman–Crippen LogP) is 6.87. The number of hydrogen-bond donors (Lipinski definition) is 8. The molecule has 0 saturated carbocycles. The first-order valence-corrected chi connectivity index (χ1v) is 25.1. The molecule has 83 heavy (non-hydrogen) atoms. The second kappa shape index (κ2) is 31.2. The average molecular weight is 1250 g/mol. The highest BCUT2D eigenvalue weighted by molar-refractivity contribution is 7.20. The van der Waals surface area contributed by atoms with Crippen LogP contribution in [-0.2, 0) is 26.2 Å². The number of imidazole rings is 2. The summed E-state index contributed by atoms with van der Waals surface area (Å²) in [5.74, 6) is -3.69. The van der Waals surface area contributed by atoms with Gasteiger partial charge in [-0.3, -0.25) is 78.1 Å². The van der Waals surface area contributed by atoms with Gasteiger partial charge in [0.25, 0.3) is 29.3 Å². The van der Waals surface area contributed by atoms with Crippen LogP contribution >= 0.6 is 59.9 Å². The Hall–Kier alpha value is -9.14. The lowest BCUT2D eigenvalue weighted by atomic mass is 10.1. The Kier molecular flexibility index (Phi) is 26.3. The number of fused-ring (bicyclic) bond motifs is 2. The smallest absolute Gasteiger partial charge is 0.305 e. The molecule has 28 nitrogen and oxygen atoms in total. The van der Waals surface area contributed by atoms with Gasteiger partial charge in [-0.25, -0.2) is 9.97 Å². The second-order valence-corrected chi connectivity index (χ2v) is 18.6. The summed E-state index contributed by atoms with van der Waals surface area (Å²) in [5, 5.41) is 38.8. The molecular weight excluding hydrogens is 1190 g/mol. The van der Waals surface area contributed by atoms with Gasteiger partial charge in [-0.1, -0.05) is 31.7 Å². The van der Waals surface area contributed by atoms with Gasteiger partial charge in [0.05, 0.1) is 31.0 Å². The number of hydrogen-bond acceptors (Lipinski definition) is 18. The van der Waals surface area contributed by atoms with E-state index in [-0.39, 0.29) is 98.0 Å². The number of anilines is 3. The Balaban J connectivity index is 0.000000464. The molecule has 0 aliphatic heterocycles. The molecule has 6 heterocycles. The molecule has 8 rings (SSSR count). The fourth-order valence-corrected chi connectivity index (χ4v) is 9.29. The van der Waals surface area contributed by atoms with Crippen molar-refractivity contribution in [2.24, 2.45) is 28.7 Å². The zero-order valence-corrected chi connectivity index (χ0v) is 47.8. The van der Waals surface area contributed by atoms with E-state index in [0.29, 0.717) is 74.8 Å². The van der Waals surface area contributed by atoms with Crippen LogP contribution in [-0.4, -0.2) is 97.0 Å². The molecule has 0 aliphatic carbocycles. The molecule has 0 fully saturated rings. The standard InChI is InChI=1S/C24H25N9O5S.C17H21N7O2S.C7H5FN2O3.CH4.3ClH/c1-3-32-18(10-13(2)30-32)22(36)29-24-28-16-12-19(21(26)35)39-23(16)31(24)9-5-4-8-27-15-7-6-14(20(25)34)11-17(15)33(37)38;1-3-24-12(8-10(2)22-24)15(26)21-17-20-11-9-13(14(19)25)27-16(11)23(17)7-5-4-6-18;8-5-2-1-4(7(9)11)3-6(5)10(12)13;;;;/h4-7,10-12,27H,3,8-9H2,1-2H3,(H2,25,34)(H2,26,35)(H,28,29,36);4-5,8-9H,3,6-7,18H2,1-2H3,(H2,19,25)(H,20,21,26);1-3H,(H2,9,11);1H4;3*1H/b2*5-4+;;;;;. The summed E-state index contributed by atoms with van der Waals surface area (Å²) in [4.78, 5) is 102. The van der Waals surface area contributed by atoms with Crippen molar-refractivity contribution in [3.05, 3.63) is 155 Å². The van der Waals surface area contributed by atoms with Crippen LogP contribution < -0.4 is 44.6 Å². The number of nitro groups is 2. The molecule has 0 spiro atoms. The lowest BCUT2D eigenvalue weighted by molar-refractivity contribution is -0.387. The number of benzene rings is 2. The molecule has 0 saturated heterocycles. The summed E-state index contributed by atoms with van der Waals surface area (Å²) < 4.78 is 19.5. The van der Waals surface area contributed by atoms with Crippen LogP contribution in [0.5, 0.6) is 0 Å². The Bertz CT molecular complexity index is 3750. The Labute approximate surface area is 497 Å². The number of halogens is 4. The first-order valence-electron chi connectivity index (χ1n) is 23.4. The summed E-state index contributed by atoms with van der Waals surface area (Å²) in [6.07, 6.45) is 7.20. The maximum absolute atomic E-state index is 13.0. The van der Waals surface area contributed by atoms with Crippen molar-refractivity contribution >= 4 is 145 Å². The molecular formula is C49H58Cl3FN18O10S2. The van der Waals surface area contributed by atoms with Gasteiger partial charge in [0, 0.05) is 62.5 Å². The highest BCUT2D eigenvalue weighted by atomic mass is 35.5. The van der Waals surface area contributed by atoms with E-state index >= 15 is 0 Å². The summed E-state index contributed by atoms with van der Waals surface area (Å²) in [5.41, 5.74) is 28.9. The number of nitrogens with one attached hydrogen (secondary N) is 3. The second-order valence-electron chi connectivity index (χ2n) is 16.5. The van der Waals surface area contributed by atoms with Gasteiger partial charge in [-0.15, -0.1) is 59.9 Å². The van der Waals surface area contributed by atoms with E-state index in [9.17, 15) is 53.4 Å². The third-order valence-electron chi connectivity index (χ3n) is 11.0. The monoisotopic (exact) mass is 1250 g/mol. The van der Waals surface area contributed by atoms with Crippen LogP contribution in [0.3, 0.4) is 0 Å². The van der Waals surface area contributed by atoms with Gasteiger partial charge in [-0.2, -0.15) is 14.6 Å². The van der Waals surface area contributed by atoms with Crippen molar-refractivity contribution in [3.63, 3.8) is 0 Å². The molecule has 0 bridgehead atoms. The molecule has 8 aromatic rings. The number of amides is 6. The molecule has 444 valence electrons. The summed E-state index contributed by atoms with van der Waals surface area (Å²) in [7, 11) is 0. The van der Waals surface area contributed by atoms with Crippen molar-refractivity contribution < 1.29 is 43.0 Å². The quantitative estimate of drug-likeness (QED) is 0.0219. The Morgan fingerprint density at radius 3 is 1.45 bits per heavy atom. The van der Waals surface area contributed by atoms with E-state index in [4.69, 9.17) is 28.7 Å². The summed E-state index contributed by atoms with van der Waals surface area (Å²) in [6.45, 7) is 9.88. The van der Waals surface area contributed by atoms with E-state index in [2.05, 4.69) is 36.1 Å². The highest BCUT2D eigenvalue weighted by Gasteiger charge is 2.23. The molecule has 0 aliphatic rings. The lowest BCUT2D eigenvalue weighted by Gasteiger charge is -2.09. The number of primary amides is 4. The van der Waals surface area contributed by atoms with Gasteiger partial charge in [0.15, 0.2) is 0 Å². The Morgan fingerprint density at radius 1 is 0.627 bits per heavy atom. The van der Waals surface area contributed by atoms with Crippen LogP contribution in [0.25, 0.3) is 20.7 Å². The number of carbonyl (C=O) groups is 6. The SMILES string of the molecule is C.CCn1nc(C)cc1C(=O)Nc1nc2cc(C(N)=O)sc2n1C/C=C/CN.CCn1nc(C)cc1C(=O)Nc1nc2cc(C(N)=O)sc2n1C/C=C/CNc1ccc(C(N)=O)cc1[N+](=O)[O-].Cl.Cl.Cl.NC(=O)c1ccc(F)c([N+](=O)[O-])c1. The molecule has 6 aromatic heterocycles. The van der Waals surface area contributed by atoms with E-state index in [1.54, 1.807) is 57.3 Å². The third kappa shape index (κ3) is 17.2. The predicted molar refractivity (Wildman–Crippen MR) is 321 cm³/mol. The minimum absolute atomic E-state index is 0. The third-order valence-corrected chi connectivity index (χ3v) is 13.3. The van der Waals surface area contributed by atoms with Crippen molar-refractivity contribution in [2.45, 2.75) is 61.3 Å². The number of nitrogens with two attached hydrogens (primary N) is 5. The number of thiophene rings is 2. The van der Waals surface area contributed by atoms with Crippen molar-refractivity contribution in [1.82, 2.24) is 38.7 Å². The Morgan fingerprint density at radius 2 is 1.05 bits per heavy atom. The number of aryl methyl sites for hydroxylation is 4. The van der Waals surface area contributed by atoms with Crippen molar-refractivity contribution in [1.29, 1.82) is 0 Å². The maximum Gasteiger partial charge on any atom is 0.305 e. The number of carbonyl (C=O) groups excluding carboxylic acids is 6. The van der Waals surface area contributed by atoms with E-state index in [0.717, 1.165) is 46.1 Å². The van der Waals surface area contributed by atoms with Crippen LogP contribution in [0, 0.1) is 39.9 Å². The van der Waals surface area contributed by atoms with Crippen LogP contribution in [0.2, 0.25) is 0 Å². The van der Waals surface area contributed by atoms with Gasteiger partial charge >= 0.3 is 5.69 Å². The zero-order valence-electron chi connectivity index (χ0n) is 43.7. The van der Waals surface area contributed by atoms with Gasteiger partial charge in [-0.05, 0) is 76.2 Å². The van der Waals surface area contributed by atoms with E-state index in [1.807, 2.05) is 37.5 Å². The van der Waals surface area contributed by atoms with Crippen LogP contribution in [0.15, 0.2) is 85.0 Å². The van der Waals surface area contributed by atoms with E-state index < -0.39 is 45.0 Å². The minimum Gasteiger partial charge on any atom is -0.376 e. The van der Waals surface area contributed by atoms with Gasteiger partial charge in [0.1, 0.15) is 37.8 Å². The number of aromatic nitrogens is 8. The van der Waals surface area contributed by atoms with Crippen molar-refractivity contribution in [2.75, 3.05) is 29.0 Å². The van der Waals surface area contributed by atoms with E-state index in [1.165, 1.54) is 23.5 Å². The summed E-state index contributed by atoms with van der Waals surface area (Å²) in [6, 6.07) is 13.3. The molecule has 0 atom stereocenters. The first kappa shape index (κ1) is 70.0. The molecule has 13 N–H and O–H groups in total. The fraction of sp³-hybridized carbons (Fsp3) is 0.224. The molecule has 6 amide bonds. The lowest BCUT2D eigenvalue weighted by Crippen LogP contribution is -2.20. The normalized spacial score (nSPS) is 10.5. The topological polar surface area (TPSA) is 426 Å². The number of allylic oxidation sites excluding steroid dienone is 2. The summed E-state index contributed by atoms with van der Waals surface area (Å²) >= 11 is 2.39. The number of nitrogens with zero attached hydrogens (tertiary/aromatic N) is 10. The molecule has 0 radical (unpaired) electrons.